The Morgan fingerprint density at radius 2 is 1.48 bits per heavy atom. The number of anilines is 2. The van der Waals surface area contributed by atoms with Gasteiger partial charge in [0.25, 0.3) is 10.1 Å². The lowest BCUT2D eigenvalue weighted by atomic mass is 9.82. The summed E-state index contributed by atoms with van der Waals surface area (Å²) in [7, 11) is -4.42. The maximum atomic E-state index is 13.1. The molecule has 0 fully saturated rings. The van der Waals surface area contributed by atoms with Crippen molar-refractivity contribution in [1.82, 2.24) is 0 Å². The second kappa shape index (κ2) is 6.54. The second-order valence-corrected chi connectivity index (χ2v) is 8.14. The Morgan fingerprint density at radius 1 is 0.862 bits per heavy atom. The molecular formula is C21H15NO6S. The summed E-state index contributed by atoms with van der Waals surface area (Å²) in [6.45, 7) is 1.65. The van der Waals surface area contributed by atoms with Crippen molar-refractivity contribution in [3.8, 4) is 5.75 Å². The molecule has 3 aromatic rings. The Kier molecular flexibility index (Phi) is 4.25. The van der Waals surface area contributed by atoms with Crippen LogP contribution in [0.1, 0.15) is 37.4 Å². The van der Waals surface area contributed by atoms with Crippen LogP contribution in [0.25, 0.3) is 0 Å². The number of carbonyl (C=O) groups excluding carboxylic acids is 2. The van der Waals surface area contributed by atoms with Crippen molar-refractivity contribution in [2.75, 3.05) is 5.32 Å². The number of benzene rings is 3. The summed E-state index contributed by atoms with van der Waals surface area (Å²) in [5.41, 5.74) is 1.42. The van der Waals surface area contributed by atoms with E-state index in [0.717, 1.165) is 0 Å². The van der Waals surface area contributed by atoms with Gasteiger partial charge < -0.3 is 10.4 Å². The van der Waals surface area contributed by atoms with Crippen LogP contribution in [0.3, 0.4) is 0 Å². The van der Waals surface area contributed by atoms with Gasteiger partial charge in [0.1, 0.15) is 5.75 Å². The Balaban J connectivity index is 1.88. The number of fused-ring (bicyclic) bond motifs is 2. The van der Waals surface area contributed by atoms with Crippen molar-refractivity contribution in [3.63, 3.8) is 0 Å². The molecule has 0 unspecified atom stereocenters. The van der Waals surface area contributed by atoms with E-state index in [0.29, 0.717) is 11.3 Å². The van der Waals surface area contributed by atoms with E-state index in [1.165, 1.54) is 36.4 Å². The van der Waals surface area contributed by atoms with Crippen molar-refractivity contribution in [3.05, 3.63) is 82.4 Å². The third kappa shape index (κ3) is 3.18. The molecular weight excluding hydrogens is 394 g/mol. The number of ketones is 2. The van der Waals surface area contributed by atoms with Crippen LogP contribution in [0, 0.1) is 6.92 Å². The van der Waals surface area contributed by atoms with Crippen molar-refractivity contribution in [2.24, 2.45) is 0 Å². The minimum Gasteiger partial charge on any atom is -0.507 e. The molecule has 8 heteroatoms. The molecule has 0 radical (unpaired) electrons. The highest BCUT2D eigenvalue weighted by molar-refractivity contribution is 7.85. The molecule has 0 saturated heterocycles. The topological polar surface area (TPSA) is 121 Å². The number of phenolic OH excluding ortho intramolecular Hbond substituents is 1. The van der Waals surface area contributed by atoms with Gasteiger partial charge in [-0.25, -0.2) is 0 Å². The van der Waals surface area contributed by atoms with E-state index in [9.17, 15) is 27.7 Å². The Bertz CT molecular complexity index is 1310. The van der Waals surface area contributed by atoms with Crippen LogP contribution >= 0.6 is 0 Å². The van der Waals surface area contributed by atoms with Gasteiger partial charge in [-0.05, 0) is 42.8 Å². The summed E-state index contributed by atoms with van der Waals surface area (Å²) in [6.07, 6.45) is 0. The van der Waals surface area contributed by atoms with Gasteiger partial charge in [0.2, 0.25) is 0 Å². The highest BCUT2D eigenvalue weighted by atomic mass is 32.2. The zero-order chi connectivity index (χ0) is 20.9. The summed E-state index contributed by atoms with van der Waals surface area (Å²) >= 11 is 0. The van der Waals surface area contributed by atoms with Crippen molar-refractivity contribution >= 4 is 33.1 Å². The molecule has 0 spiro atoms. The number of carbonyl (C=O) groups is 2. The first-order valence-corrected chi connectivity index (χ1v) is 10.0. The van der Waals surface area contributed by atoms with E-state index in [-0.39, 0.29) is 38.6 Å². The molecule has 1 aliphatic carbocycles. The van der Waals surface area contributed by atoms with Gasteiger partial charge in [-0.3, -0.25) is 14.1 Å². The molecule has 29 heavy (non-hydrogen) atoms. The molecule has 0 bridgehead atoms. The molecule has 3 aromatic carbocycles. The van der Waals surface area contributed by atoms with Crippen LogP contribution in [-0.4, -0.2) is 29.6 Å². The largest absolute Gasteiger partial charge is 0.507 e. The fourth-order valence-electron chi connectivity index (χ4n) is 3.43. The van der Waals surface area contributed by atoms with Gasteiger partial charge in [0.15, 0.2) is 11.6 Å². The number of hydrogen-bond donors (Lipinski definition) is 3. The number of aromatic hydroxyl groups is 1. The van der Waals surface area contributed by atoms with Crippen molar-refractivity contribution < 1.29 is 27.7 Å². The molecule has 3 N–H and O–H groups in total. The lowest BCUT2D eigenvalue weighted by Crippen LogP contribution is -2.22. The van der Waals surface area contributed by atoms with Gasteiger partial charge in [-0.15, -0.1) is 0 Å². The fourth-order valence-corrected chi connectivity index (χ4v) is 4.05. The number of nitrogens with one attached hydrogen (secondary N) is 1. The molecule has 0 atom stereocenters. The molecule has 7 nitrogen and oxygen atoms in total. The van der Waals surface area contributed by atoms with Gasteiger partial charge in [0, 0.05) is 16.8 Å². The normalized spacial score (nSPS) is 13.0. The number of rotatable bonds is 3. The van der Waals surface area contributed by atoms with Gasteiger partial charge in [-0.1, -0.05) is 24.3 Å². The quantitative estimate of drug-likeness (QED) is 0.350. The van der Waals surface area contributed by atoms with E-state index in [4.69, 9.17) is 0 Å². The van der Waals surface area contributed by atoms with Crippen LogP contribution in [0.4, 0.5) is 11.4 Å². The lowest BCUT2D eigenvalue weighted by molar-refractivity contribution is 0.0977. The SMILES string of the molecule is Cc1cc(Nc2ccc(O)c3c2C(=O)c2ccccc2C3=O)cc(S(=O)(=O)O)c1. The first kappa shape index (κ1) is 18.9. The zero-order valence-corrected chi connectivity index (χ0v) is 15.9. The fraction of sp³-hybridized carbons (Fsp3) is 0.0476. The molecule has 4 rings (SSSR count). The Morgan fingerprint density at radius 3 is 2.10 bits per heavy atom. The predicted octanol–water partition coefficient (Wildman–Crippen LogP) is 3.47. The first-order valence-electron chi connectivity index (χ1n) is 8.57. The summed E-state index contributed by atoms with van der Waals surface area (Å²) in [4.78, 5) is 25.6. The highest BCUT2D eigenvalue weighted by Gasteiger charge is 2.34. The van der Waals surface area contributed by atoms with Crippen LogP contribution in [0.15, 0.2) is 59.5 Å². The molecule has 1 aliphatic rings. The van der Waals surface area contributed by atoms with Crippen LogP contribution < -0.4 is 5.32 Å². The third-order valence-electron chi connectivity index (χ3n) is 4.68. The molecule has 0 saturated carbocycles. The summed E-state index contributed by atoms with van der Waals surface area (Å²) in [5.74, 6) is -1.23. The Labute approximate surface area is 166 Å². The smallest absolute Gasteiger partial charge is 0.294 e. The summed E-state index contributed by atoms with van der Waals surface area (Å²) in [6, 6.07) is 13.2. The minimum absolute atomic E-state index is 0.00334. The van der Waals surface area contributed by atoms with Crippen LogP contribution in [-0.2, 0) is 10.1 Å². The van der Waals surface area contributed by atoms with Gasteiger partial charge >= 0.3 is 0 Å². The molecule has 0 heterocycles. The summed E-state index contributed by atoms with van der Waals surface area (Å²) < 4.78 is 32.3. The van der Waals surface area contributed by atoms with Crippen molar-refractivity contribution in [1.29, 1.82) is 0 Å². The molecule has 0 amide bonds. The zero-order valence-electron chi connectivity index (χ0n) is 15.1. The number of aryl methyl sites for hydroxylation is 1. The average Bonchev–Trinajstić information content (AvgIpc) is 2.66. The van der Waals surface area contributed by atoms with Gasteiger partial charge in [0.05, 0.1) is 21.7 Å². The van der Waals surface area contributed by atoms with E-state index in [1.807, 2.05) is 0 Å². The van der Waals surface area contributed by atoms with E-state index in [2.05, 4.69) is 5.32 Å². The van der Waals surface area contributed by atoms with Crippen LogP contribution in [0.5, 0.6) is 5.75 Å². The predicted molar refractivity (Wildman–Crippen MR) is 106 cm³/mol. The van der Waals surface area contributed by atoms with Crippen LogP contribution in [0.2, 0.25) is 0 Å². The maximum Gasteiger partial charge on any atom is 0.294 e. The third-order valence-corrected chi connectivity index (χ3v) is 5.51. The second-order valence-electron chi connectivity index (χ2n) is 6.72. The molecule has 146 valence electrons. The van der Waals surface area contributed by atoms with Gasteiger partial charge in [-0.2, -0.15) is 8.42 Å². The van der Waals surface area contributed by atoms with E-state index < -0.39 is 21.7 Å². The molecule has 0 aliphatic heterocycles. The van der Waals surface area contributed by atoms with E-state index >= 15 is 0 Å². The maximum absolute atomic E-state index is 13.1. The van der Waals surface area contributed by atoms with Crippen molar-refractivity contribution in [2.45, 2.75) is 11.8 Å². The highest BCUT2D eigenvalue weighted by Crippen LogP contribution is 2.38. The first-order chi connectivity index (χ1) is 13.7. The Hall–Kier alpha value is -3.49. The summed E-state index contributed by atoms with van der Waals surface area (Å²) in [5, 5.41) is 13.2. The monoisotopic (exact) mass is 409 g/mol. The molecule has 0 aromatic heterocycles. The van der Waals surface area contributed by atoms with E-state index in [1.54, 1.807) is 25.1 Å². The minimum atomic E-state index is -4.42. The average molecular weight is 409 g/mol. The standard InChI is InChI=1S/C21H15NO6S/c1-11-8-12(10-13(9-11)29(26,27)28)22-16-6-7-17(23)19-18(16)20(24)14-4-2-3-5-15(14)21(19)25/h2-10,22-23H,1H3,(H,26,27,28). The number of hydrogen-bond acceptors (Lipinski definition) is 6. The number of phenols is 1. The lowest BCUT2D eigenvalue weighted by Gasteiger charge is -2.22.